The molecule has 1 fully saturated rings. The van der Waals surface area contributed by atoms with Crippen molar-refractivity contribution in [2.75, 3.05) is 44.6 Å². The van der Waals surface area contributed by atoms with Crippen molar-refractivity contribution in [2.45, 2.75) is 25.3 Å². The number of hydrogen-bond acceptors (Lipinski definition) is 5. The summed E-state index contributed by atoms with van der Waals surface area (Å²) in [5, 5.41) is 8.84. The Morgan fingerprint density at radius 3 is 2.26 bits per heavy atom. The van der Waals surface area contributed by atoms with Crippen molar-refractivity contribution < 1.29 is 9.53 Å². The van der Waals surface area contributed by atoms with Crippen LogP contribution in [0.5, 0.6) is 5.75 Å². The molecule has 1 aliphatic carbocycles. The Hall–Kier alpha value is -4.58. The van der Waals surface area contributed by atoms with E-state index in [1.165, 1.54) is 11.3 Å². The largest absolute Gasteiger partial charge is 0.483 e. The quantitative estimate of drug-likeness (QED) is 0.241. The van der Waals surface area contributed by atoms with Crippen molar-refractivity contribution in [3.05, 3.63) is 108 Å². The lowest BCUT2D eigenvalue weighted by Crippen LogP contribution is -2.34. The Morgan fingerprint density at radius 1 is 0.881 bits per heavy atom. The minimum Gasteiger partial charge on any atom is -0.483 e. The number of benzene rings is 4. The highest BCUT2D eigenvalue weighted by molar-refractivity contribution is 6.08. The van der Waals surface area contributed by atoms with Crippen LogP contribution in [0.2, 0.25) is 0 Å². The van der Waals surface area contributed by atoms with Gasteiger partial charge < -0.3 is 14.5 Å². The van der Waals surface area contributed by atoms with E-state index in [2.05, 4.69) is 76.5 Å². The maximum Gasteiger partial charge on any atom is 0.281 e. The van der Waals surface area contributed by atoms with Gasteiger partial charge in [-0.3, -0.25) is 4.79 Å². The summed E-state index contributed by atoms with van der Waals surface area (Å²) in [5.41, 5.74) is 6.78. The Morgan fingerprint density at radius 2 is 1.55 bits per heavy atom. The molecular weight excluding hydrogens is 520 g/mol. The smallest absolute Gasteiger partial charge is 0.281 e. The third-order valence-corrected chi connectivity index (χ3v) is 8.36. The highest BCUT2D eigenvalue weighted by Gasteiger charge is 2.43. The molecule has 6 heteroatoms. The molecule has 1 saturated carbocycles. The number of anilines is 2. The highest BCUT2D eigenvalue weighted by Crippen LogP contribution is 2.44. The number of fused-ring (bicyclic) bond motifs is 2. The first kappa shape index (κ1) is 27.6. The number of hydrogen-bond donors (Lipinski definition) is 0. The van der Waals surface area contributed by atoms with Gasteiger partial charge >= 0.3 is 0 Å². The van der Waals surface area contributed by atoms with Gasteiger partial charge in [-0.15, -0.1) is 0 Å². The van der Waals surface area contributed by atoms with Gasteiger partial charge in [0.2, 0.25) is 0 Å². The van der Waals surface area contributed by atoms with Crippen LogP contribution in [0.4, 0.5) is 11.4 Å². The van der Waals surface area contributed by atoms with Crippen molar-refractivity contribution in [1.82, 2.24) is 5.01 Å². The van der Waals surface area contributed by atoms with Gasteiger partial charge in [-0.2, -0.15) is 5.10 Å². The van der Waals surface area contributed by atoms with E-state index in [9.17, 15) is 4.79 Å². The molecule has 0 bridgehead atoms. The average Bonchev–Trinajstić information content (AvgIpc) is 3.41. The third kappa shape index (κ3) is 5.49. The number of rotatable bonds is 7. The van der Waals surface area contributed by atoms with Crippen LogP contribution < -0.4 is 14.5 Å². The van der Waals surface area contributed by atoms with Gasteiger partial charge in [0.05, 0.1) is 11.8 Å². The molecule has 4 aromatic carbocycles. The monoisotopic (exact) mass is 558 g/mol. The fourth-order valence-electron chi connectivity index (χ4n) is 6.11. The molecule has 0 saturated heterocycles. The lowest BCUT2D eigenvalue weighted by atomic mass is 9.77. The van der Waals surface area contributed by atoms with Crippen molar-refractivity contribution in [3.8, 4) is 5.75 Å². The summed E-state index contributed by atoms with van der Waals surface area (Å²) in [6.45, 7) is -0.0746. The summed E-state index contributed by atoms with van der Waals surface area (Å²) in [5.74, 6) is 0.707. The number of nitrogens with zero attached hydrogens (tertiary/aromatic N) is 4. The van der Waals surface area contributed by atoms with E-state index in [1.54, 1.807) is 5.01 Å². The van der Waals surface area contributed by atoms with Crippen molar-refractivity contribution in [3.63, 3.8) is 0 Å². The second-order valence-corrected chi connectivity index (χ2v) is 11.6. The number of allylic oxidation sites excluding steroid dienone is 1. The van der Waals surface area contributed by atoms with E-state index in [-0.39, 0.29) is 24.5 Å². The molecule has 2 atom stereocenters. The van der Waals surface area contributed by atoms with Crippen LogP contribution >= 0.6 is 0 Å². The van der Waals surface area contributed by atoms with Crippen LogP contribution in [0.25, 0.3) is 16.8 Å². The van der Waals surface area contributed by atoms with E-state index in [0.717, 1.165) is 52.6 Å². The zero-order valence-electron chi connectivity index (χ0n) is 24.8. The molecule has 0 radical (unpaired) electrons. The predicted octanol–water partition coefficient (Wildman–Crippen LogP) is 7.17. The molecule has 1 heterocycles. The zero-order chi connectivity index (χ0) is 29.2. The van der Waals surface area contributed by atoms with Crippen LogP contribution in [0, 0.1) is 5.92 Å². The fourth-order valence-corrected chi connectivity index (χ4v) is 6.11. The van der Waals surface area contributed by atoms with E-state index in [4.69, 9.17) is 9.84 Å². The minimum atomic E-state index is -0.167. The molecule has 1 aliphatic heterocycles. The first-order valence-electron chi connectivity index (χ1n) is 14.7. The molecular formula is C36H38N4O2. The van der Waals surface area contributed by atoms with Gasteiger partial charge in [-0.25, -0.2) is 5.01 Å². The molecule has 0 unspecified atom stereocenters. The summed E-state index contributed by atoms with van der Waals surface area (Å²) in [4.78, 5) is 18.1. The predicted molar refractivity (Wildman–Crippen MR) is 173 cm³/mol. The maximum atomic E-state index is 13.9. The molecule has 0 spiro atoms. The van der Waals surface area contributed by atoms with E-state index in [1.807, 2.05) is 58.5 Å². The Labute approximate surface area is 248 Å². The highest BCUT2D eigenvalue weighted by atomic mass is 16.5. The molecule has 0 N–H and O–H groups in total. The van der Waals surface area contributed by atoms with Crippen LogP contribution in [0.15, 0.2) is 102 Å². The maximum absolute atomic E-state index is 13.9. The van der Waals surface area contributed by atoms with Gasteiger partial charge in [-0.05, 0) is 77.8 Å². The summed E-state index contributed by atoms with van der Waals surface area (Å²) in [6.07, 6.45) is 5.25. The van der Waals surface area contributed by atoms with Gasteiger partial charge in [0, 0.05) is 50.9 Å². The number of carbonyl (C=O) groups excluding carboxylic acids is 1. The summed E-state index contributed by atoms with van der Waals surface area (Å²) < 4.78 is 6.15. The molecule has 214 valence electrons. The number of carbonyl (C=O) groups is 1. The van der Waals surface area contributed by atoms with Crippen LogP contribution in [0.3, 0.4) is 0 Å². The van der Waals surface area contributed by atoms with Crippen LogP contribution in [0.1, 0.15) is 36.4 Å². The second kappa shape index (κ2) is 11.7. The Bertz CT molecular complexity index is 1630. The molecule has 6 rings (SSSR count). The first-order valence-corrected chi connectivity index (χ1v) is 14.7. The average molecular weight is 559 g/mol. The van der Waals surface area contributed by atoms with Crippen LogP contribution in [-0.2, 0) is 4.79 Å². The second-order valence-electron chi connectivity index (χ2n) is 11.6. The van der Waals surface area contributed by atoms with Gasteiger partial charge in [0.1, 0.15) is 5.75 Å². The summed E-state index contributed by atoms with van der Waals surface area (Å²) in [7, 11) is 8.17. The van der Waals surface area contributed by atoms with E-state index < -0.39 is 0 Å². The molecule has 4 aromatic rings. The number of hydrazone groups is 1. The van der Waals surface area contributed by atoms with E-state index in [0.29, 0.717) is 5.75 Å². The number of ether oxygens (including phenoxy) is 1. The van der Waals surface area contributed by atoms with Gasteiger partial charge in [0.25, 0.3) is 5.91 Å². The lowest BCUT2D eigenvalue weighted by Gasteiger charge is -2.30. The Balaban J connectivity index is 1.32. The van der Waals surface area contributed by atoms with Crippen molar-refractivity contribution >= 4 is 39.8 Å². The van der Waals surface area contributed by atoms with Crippen molar-refractivity contribution in [1.29, 1.82) is 0 Å². The normalized spacial score (nSPS) is 19.0. The van der Waals surface area contributed by atoms with E-state index >= 15 is 0 Å². The summed E-state index contributed by atoms with van der Waals surface area (Å²) >= 11 is 0. The standard InChI is InChI=1S/C36H38N4O2/c1-38(2)29-19-15-25(16-20-29)23-28-11-7-13-32-35(28)37-40(36(32)27-17-21-30(22-18-27)39(3)4)34(41)24-42-33-14-8-10-26-9-5-6-12-31(26)33/h5-6,8-10,12,14-23,32,36H,7,11,13,24H2,1-4H3/b28-23-/t32-,36+/m1/s1. The molecule has 2 aliphatic rings. The van der Waals surface area contributed by atoms with Crippen molar-refractivity contribution in [2.24, 2.45) is 11.0 Å². The molecule has 42 heavy (non-hydrogen) atoms. The molecule has 1 amide bonds. The fraction of sp³-hybridized carbons (Fsp3) is 0.278. The third-order valence-electron chi connectivity index (χ3n) is 8.36. The molecule has 6 nitrogen and oxygen atoms in total. The Kier molecular flexibility index (Phi) is 7.70. The topological polar surface area (TPSA) is 48.4 Å². The number of amides is 1. The minimum absolute atomic E-state index is 0.0746. The van der Waals surface area contributed by atoms with Gasteiger partial charge in [0.15, 0.2) is 6.61 Å². The zero-order valence-corrected chi connectivity index (χ0v) is 24.8. The lowest BCUT2D eigenvalue weighted by molar-refractivity contribution is -0.135. The van der Waals surface area contributed by atoms with Gasteiger partial charge in [-0.1, -0.05) is 60.7 Å². The summed E-state index contributed by atoms with van der Waals surface area (Å²) in [6, 6.07) is 30.9. The SMILES string of the molecule is CN(C)c1ccc(/C=C2/CCC[C@@H]3C2=NN(C(=O)COc2cccc4ccccc24)[C@H]3c2ccc(N(C)C)cc2)cc1. The van der Waals surface area contributed by atoms with Crippen LogP contribution in [-0.4, -0.2) is 51.4 Å². The molecule has 0 aromatic heterocycles. The first-order chi connectivity index (χ1) is 20.4.